The van der Waals surface area contributed by atoms with E-state index in [1.165, 1.54) is 0 Å². The predicted molar refractivity (Wildman–Crippen MR) is 108 cm³/mol. The number of hydrogen-bond donors (Lipinski definition) is 2. The molecule has 0 fully saturated rings. The van der Waals surface area contributed by atoms with E-state index in [4.69, 9.17) is 5.73 Å². The normalized spacial score (nSPS) is 12.3. The van der Waals surface area contributed by atoms with E-state index in [1.807, 2.05) is 43.3 Å². The van der Waals surface area contributed by atoms with Crippen LogP contribution in [-0.4, -0.2) is 22.7 Å². The summed E-state index contributed by atoms with van der Waals surface area (Å²) >= 11 is 3.26. The molecule has 0 bridgehead atoms. The highest BCUT2D eigenvalue weighted by Gasteiger charge is 2.39. The van der Waals surface area contributed by atoms with Crippen molar-refractivity contribution in [1.29, 1.82) is 0 Å². The van der Waals surface area contributed by atoms with E-state index in [0.29, 0.717) is 0 Å². The zero-order valence-electron chi connectivity index (χ0n) is 14.2. The van der Waals surface area contributed by atoms with Gasteiger partial charge >= 0.3 is 0 Å². The molecule has 0 aliphatic rings. The van der Waals surface area contributed by atoms with Crippen LogP contribution in [0.2, 0.25) is 0 Å². The molecule has 2 heterocycles. The molecule has 3 N–H and O–H groups in total. The summed E-state index contributed by atoms with van der Waals surface area (Å²) in [7, 11) is 0. The van der Waals surface area contributed by atoms with Gasteiger partial charge in [0.05, 0.1) is 5.54 Å². The number of fused-ring (bicyclic) bond motifs is 2. The Morgan fingerprint density at radius 2 is 1.46 bits per heavy atom. The van der Waals surface area contributed by atoms with Gasteiger partial charge in [0.2, 0.25) is 5.91 Å². The lowest BCUT2D eigenvalue weighted by molar-refractivity contribution is -0.164. The van der Waals surface area contributed by atoms with Crippen LogP contribution in [0.25, 0.3) is 20.2 Å². The lowest BCUT2D eigenvalue weighted by Gasteiger charge is -2.36. The first-order valence-electron chi connectivity index (χ1n) is 8.20. The molecule has 132 valence electrons. The van der Waals surface area contributed by atoms with Crippen molar-refractivity contribution in [2.75, 3.05) is 6.54 Å². The molecule has 4 aromatic rings. The minimum Gasteiger partial charge on any atom is -0.368 e. The highest BCUT2D eigenvalue weighted by atomic mass is 32.1. The monoisotopic (exact) mass is 382 g/mol. The Morgan fingerprint density at radius 3 is 1.92 bits per heavy atom. The van der Waals surface area contributed by atoms with E-state index >= 15 is 0 Å². The molecule has 0 unspecified atom stereocenters. The van der Waals surface area contributed by atoms with Gasteiger partial charge in [-0.2, -0.15) is 5.06 Å². The lowest BCUT2D eigenvalue weighted by atomic mass is 9.83. The largest absolute Gasteiger partial charge is 0.368 e. The van der Waals surface area contributed by atoms with E-state index in [-0.39, 0.29) is 6.54 Å². The summed E-state index contributed by atoms with van der Waals surface area (Å²) in [6, 6.07) is 16.2. The standard InChI is InChI=1S/C20H18N2O2S2/c1-20(22(24)10-19(21)23,15-11-25-17-8-4-2-6-13(15)17)16-12-26-18-9-5-3-7-14(16)18/h2-9,11-12,24H,10H2,1H3,(H2,21,23). The number of rotatable bonds is 5. The van der Waals surface area contributed by atoms with Gasteiger partial charge in [-0.1, -0.05) is 36.4 Å². The molecule has 0 radical (unpaired) electrons. The first-order chi connectivity index (χ1) is 12.5. The Labute approximate surface area is 159 Å². The second-order valence-corrected chi connectivity index (χ2v) is 8.21. The summed E-state index contributed by atoms with van der Waals surface area (Å²) < 4.78 is 2.28. The average Bonchev–Trinajstić information content (AvgIpc) is 3.25. The van der Waals surface area contributed by atoms with Gasteiger partial charge in [0.1, 0.15) is 6.54 Å². The zero-order valence-corrected chi connectivity index (χ0v) is 15.8. The molecule has 2 aromatic heterocycles. The highest BCUT2D eigenvalue weighted by Crippen LogP contribution is 2.45. The molecule has 6 heteroatoms. The van der Waals surface area contributed by atoms with E-state index in [1.54, 1.807) is 22.7 Å². The second kappa shape index (κ2) is 6.48. The summed E-state index contributed by atoms with van der Waals surface area (Å²) in [4.78, 5) is 11.5. The Hall–Kier alpha value is -2.25. The quantitative estimate of drug-likeness (QED) is 0.497. The number of hydrogen-bond acceptors (Lipinski definition) is 5. The molecule has 1 amide bonds. The highest BCUT2D eigenvalue weighted by molar-refractivity contribution is 7.17. The second-order valence-electron chi connectivity index (χ2n) is 6.39. The molecule has 26 heavy (non-hydrogen) atoms. The molecule has 0 saturated heterocycles. The fourth-order valence-electron chi connectivity index (χ4n) is 3.44. The molecule has 0 aliphatic heterocycles. The summed E-state index contributed by atoms with van der Waals surface area (Å²) in [5.41, 5.74) is 6.42. The minimum absolute atomic E-state index is 0.245. The topological polar surface area (TPSA) is 66.6 Å². The van der Waals surface area contributed by atoms with Gasteiger partial charge in [-0.3, -0.25) is 4.79 Å². The van der Waals surface area contributed by atoms with Crippen molar-refractivity contribution in [2.24, 2.45) is 5.73 Å². The van der Waals surface area contributed by atoms with Crippen LogP contribution in [-0.2, 0) is 10.3 Å². The van der Waals surface area contributed by atoms with Crippen LogP contribution in [0.15, 0.2) is 59.3 Å². The number of thiophene rings is 2. The van der Waals surface area contributed by atoms with Crippen LogP contribution in [0.4, 0.5) is 0 Å². The van der Waals surface area contributed by atoms with Crippen LogP contribution in [0, 0.1) is 0 Å². The predicted octanol–water partition coefficient (Wildman–Crippen LogP) is 4.56. The van der Waals surface area contributed by atoms with E-state index in [9.17, 15) is 10.0 Å². The Bertz CT molecular complexity index is 1030. The van der Waals surface area contributed by atoms with Crippen LogP contribution < -0.4 is 5.73 Å². The molecule has 0 aliphatic carbocycles. The number of nitrogens with two attached hydrogens (primary N) is 1. The van der Waals surface area contributed by atoms with Crippen LogP contribution in [0.1, 0.15) is 18.1 Å². The SMILES string of the molecule is CC(c1csc2ccccc12)(c1csc2ccccc12)N(O)CC(N)=O. The Balaban J connectivity index is 2.00. The van der Waals surface area contributed by atoms with Gasteiger partial charge in [-0.25, -0.2) is 0 Å². The van der Waals surface area contributed by atoms with Crippen molar-refractivity contribution in [3.63, 3.8) is 0 Å². The third-order valence-corrected chi connectivity index (χ3v) is 6.76. The van der Waals surface area contributed by atoms with E-state index in [2.05, 4.69) is 22.9 Å². The maximum atomic E-state index is 11.5. The van der Waals surface area contributed by atoms with Crippen molar-refractivity contribution in [3.8, 4) is 0 Å². The van der Waals surface area contributed by atoms with Crippen molar-refractivity contribution in [1.82, 2.24) is 5.06 Å². The molecule has 0 atom stereocenters. The van der Waals surface area contributed by atoms with Crippen LogP contribution in [0.5, 0.6) is 0 Å². The van der Waals surface area contributed by atoms with Gasteiger partial charge in [0.15, 0.2) is 0 Å². The summed E-state index contributed by atoms with van der Waals surface area (Å²) in [6.45, 7) is 1.70. The maximum Gasteiger partial charge on any atom is 0.234 e. The van der Waals surface area contributed by atoms with Crippen molar-refractivity contribution in [3.05, 3.63) is 70.4 Å². The molecule has 0 spiro atoms. The average molecular weight is 383 g/mol. The number of benzene rings is 2. The van der Waals surface area contributed by atoms with Crippen LogP contribution in [0.3, 0.4) is 0 Å². The Morgan fingerprint density at radius 1 is 1.00 bits per heavy atom. The van der Waals surface area contributed by atoms with Gasteiger partial charge in [-0.15, -0.1) is 22.7 Å². The molecule has 4 rings (SSSR count). The molecule has 4 nitrogen and oxygen atoms in total. The smallest absolute Gasteiger partial charge is 0.234 e. The van der Waals surface area contributed by atoms with Crippen molar-refractivity contribution < 1.29 is 10.0 Å². The van der Waals surface area contributed by atoms with Gasteiger partial charge < -0.3 is 10.9 Å². The number of amides is 1. The van der Waals surface area contributed by atoms with Crippen molar-refractivity contribution in [2.45, 2.75) is 12.5 Å². The van der Waals surface area contributed by atoms with Crippen molar-refractivity contribution >= 4 is 48.8 Å². The van der Waals surface area contributed by atoms with Gasteiger partial charge in [0, 0.05) is 9.40 Å². The number of carbonyl (C=O) groups is 1. The number of hydroxylamine groups is 2. The minimum atomic E-state index is -0.895. The zero-order chi connectivity index (χ0) is 18.3. The third kappa shape index (κ3) is 2.62. The first kappa shape index (κ1) is 17.2. The number of primary amides is 1. The molecular formula is C20H18N2O2S2. The number of carbonyl (C=O) groups excluding carboxylic acids is 1. The Kier molecular flexibility index (Phi) is 4.28. The fraction of sp³-hybridized carbons (Fsp3) is 0.150. The van der Waals surface area contributed by atoms with E-state index in [0.717, 1.165) is 36.4 Å². The lowest BCUT2D eigenvalue weighted by Crippen LogP contribution is -2.46. The molecular weight excluding hydrogens is 364 g/mol. The fourth-order valence-corrected chi connectivity index (χ4v) is 5.57. The molecule has 2 aromatic carbocycles. The number of nitrogens with zero attached hydrogens (tertiary/aromatic N) is 1. The maximum absolute atomic E-state index is 11.5. The molecule has 0 saturated carbocycles. The summed E-state index contributed by atoms with van der Waals surface area (Å²) in [5.74, 6) is -0.571. The van der Waals surface area contributed by atoms with Crippen LogP contribution >= 0.6 is 22.7 Å². The summed E-state index contributed by atoms with van der Waals surface area (Å²) in [5, 5.41) is 18.3. The van der Waals surface area contributed by atoms with Gasteiger partial charge in [0.25, 0.3) is 0 Å². The first-order valence-corrected chi connectivity index (χ1v) is 9.96. The van der Waals surface area contributed by atoms with Gasteiger partial charge in [-0.05, 0) is 51.7 Å². The third-order valence-electron chi connectivity index (χ3n) is 4.83. The summed E-state index contributed by atoms with van der Waals surface area (Å²) in [6.07, 6.45) is 0. The van der Waals surface area contributed by atoms with E-state index < -0.39 is 11.4 Å².